The fraction of sp³-hybridized carbons (Fsp3) is 0.545. The summed E-state index contributed by atoms with van der Waals surface area (Å²) in [5.74, 6) is 0.208. The Kier molecular flexibility index (Phi) is 4.66. The lowest BCUT2D eigenvalue weighted by Crippen LogP contribution is -2.34. The predicted molar refractivity (Wildman–Crippen MR) is 77.6 cm³/mol. The maximum absolute atomic E-state index is 11.6. The number of anilines is 1. The Labute approximate surface area is 126 Å². The van der Waals surface area contributed by atoms with Crippen LogP contribution >= 0.6 is 7.60 Å². The van der Waals surface area contributed by atoms with Gasteiger partial charge in [-0.05, 0) is 12.8 Å². The highest BCUT2D eigenvalue weighted by molar-refractivity contribution is 7.53. The zero-order valence-electron chi connectivity index (χ0n) is 12.2. The van der Waals surface area contributed by atoms with Gasteiger partial charge in [0, 0.05) is 0 Å². The molecule has 0 aliphatic carbocycles. The van der Waals surface area contributed by atoms with E-state index in [2.05, 4.69) is 15.0 Å². The highest BCUT2D eigenvalue weighted by atomic mass is 31.2. The molecule has 0 bridgehead atoms. The van der Waals surface area contributed by atoms with Crippen LogP contribution in [-0.2, 0) is 9.30 Å². The number of hydrogen-bond donors (Lipinski definition) is 3. The van der Waals surface area contributed by atoms with Gasteiger partial charge in [0.2, 0.25) is 12.4 Å². The van der Waals surface area contributed by atoms with Crippen LogP contribution in [0.4, 0.5) is 5.82 Å². The van der Waals surface area contributed by atoms with Crippen LogP contribution in [0.3, 0.4) is 0 Å². The fourth-order valence-electron chi connectivity index (χ4n) is 2.07. The Bertz CT molecular complexity index is 695. The molecule has 0 fully saturated rings. The molecule has 11 heteroatoms. The minimum absolute atomic E-state index is 0.150. The number of hydrogen-bond acceptors (Lipinski definition) is 7. The van der Waals surface area contributed by atoms with Crippen LogP contribution < -0.4 is 10.6 Å². The van der Waals surface area contributed by atoms with Crippen molar-refractivity contribution in [1.29, 1.82) is 0 Å². The van der Waals surface area contributed by atoms with Crippen LogP contribution in [0.25, 0.3) is 11.2 Å². The Hall–Kier alpha value is -1.74. The van der Waals surface area contributed by atoms with Gasteiger partial charge in [-0.25, -0.2) is 15.0 Å². The molecule has 0 aliphatic heterocycles. The zero-order valence-corrected chi connectivity index (χ0v) is 13.1. The molecule has 0 saturated carbocycles. The highest BCUT2D eigenvalue weighted by Gasteiger charge is 2.45. The van der Waals surface area contributed by atoms with Crippen LogP contribution in [-0.4, -0.2) is 41.6 Å². The molecule has 0 atom stereocenters. The lowest BCUT2D eigenvalue weighted by atomic mass is 10.2. The topological polar surface area (TPSA) is 146 Å². The van der Waals surface area contributed by atoms with Crippen molar-refractivity contribution >= 4 is 24.6 Å². The summed E-state index contributed by atoms with van der Waals surface area (Å²) in [5, 5.41) is -1.57. The molecular formula is C11H18N5O5P. The van der Waals surface area contributed by atoms with Gasteiger partial charge in [0.15, 0.2) is 16.7 Å². The van der Waals surface area contributed by atoms with Gasteiger partial charge in [-0.2, -0.15) is 0 Å². The monoisotopic (exact) mass is 331 g/mol. The van der Waals surface area contributed by atoms with Gasteiger partial charge in [-0.1, -0.05) is 13.8 Å². The number of nitrogens with two attached hydrogens (primary N) is 1. The number of ether oxygens (including phenoxy) is 1. The number of nitrogens with zero attached hydrogens (tertiary/aromatic N) is 4. The molecule has 122 valence electrons. The van der Waals surface area contributed by atoms with Crippen LogP contribution in [0, 0.1) is 0 Å². The summed E-state index contributed by atoms with van der Waals surface area (Å²) in [6.07, 6.45) is 2.89. The molecule has 0 saturated heterocycles. The summed E-state index contributed by atoms with van der Waals surface area (Å²) in [4.78, 5) is 36.0. The maximum Gasteiger partial charge on any atom is 0.357 e. The van der Waals surface area contributed by atoms with Crippen LogP contribution in [0.5, 0.6) is 0 Å². The summed E-state index contributed by atoms with van der Waals surface area (Å²) < 4.78 is 18.2. The van der Waals surface area contributed by atoms with E-state index < -0.39 is 12.9 Å². The van der Waals surface area contributed by atoms with E-state index in [1.54, 1.807) is 13.8 Å². The molecule has 2 aromatic rings. The Morgan fingerprint density at radius 1 is 1.32 bits per heavy atom. The van der Waals surface area contributed by atoms with E-state index >= 15 is 0 Å². The van der Waals surface area contributed by atoms with Crippen molar-refractivity contribution in [3.05, 3.63) is 12.7 Å². The van der Waals surface area contributed by atoms with Crippen molar-refractivity contribution < 1.29 is 23.9 Å². The summed E-state index contributed by atoms with van der Waals surface area (Å²) in [6, 6.07) is 0. The van der Waals surface area contributed by atoms with Crippen molar-refractivity contribution in [1.82, 2.24) is 19.7 Å². The number of rotatable bonds is 7. The molecular weight excluding hydrogens is 313 g/mol. The second kappa shape index (κ2) is 6.17. The first kappa shape index (κ1) is 16.6. The lowest BCUT2D eigenvalue weighted by molar-refractivity contribution is -0.118. The molecule has 0 amide bonds. The summed E-state index contributed by atoms with van der Waals surface area (Å²) in [6.45, 7) is 2.91. The number of nitrogen functional groups attached to an aromatic ring is 1. The average molecular weight is 331 g/mol. The molecule has 0 unspecified atom stereocenters. The zero-order chi connectivity index (χ0) is 16.4. The molecule has 2 heterocycles. The van der Waals surface area contributed by atoms with Crippen molar-refractivity contribution in [2.75, 3.05) is 12.5 Å². The van der Waals surface area contributed by atoms with E-state index in [1.807, 2.05) is 0 Å². The minimum Gasteiger partial charge on any atom is -0.382 e. The smallest absolute Gasteiger partial charge is 0.357 e. The first-order valence-electron chi connectivity index (χ1n) is 6.61. The van der Waals surface area contributed by atoms with E-state index in [0.717, 1.165) is 0 Å². The second-order valence-electron chi connectivity index (χ2n) is 4.59. The largest absolute Gasteiger partial charge is 0.382 e. The van der Waals surface area contributed by atoms with Crippen molar-refractivity contribution in [2.45, 2.75) is 32.0 Å². The molecule has 22 heavy (non-hydrogen) atoms. The molecule has 2 rings (SSSR count). The standard InChI is InChI=1S/C11H18N5O5P/c1-3-11(4-2,22(17,18)19)20-7-21-16-6-15-8-9(12)13-5-14-10(8)16/h5-6H,3-4,7H2,1-2H3,(H2,12,13,14)(H2,17,18,19). The van der Waals surface area contributed by atoms with Gasteiger partial charge in [-0.15, -0.1) is 4.73 Å². The van der Waals surface area contributed by atoms with E-state index in [0.29, 0.717) is 11.2 Å². The predicted octanol–water partition coefficient (Wildman–Crippen LogP) is 0.505. The van der Waals surface area contributed by atoms with E-state index in [-0.39, 0.29) is 25.5 Å². The van der Waals surface area contributed by atoms with Gasteiger partial charge in [0.1, 0.15) is 12.7 Å². The van der Waals surface area contributed by atoms with E-state index in [4.69, 9.17) is 15.3 Å². The number of imidazole rings is 1. The van der Waals surface area contributed by atoms with E-state index in [1.165, 1.54) is 17.4 Å². The third-order valence-corrected chi connectivity index (χ3v) is 5.31. The van der Waals surface area contributed by atoms with Crippen LogP contribution in [0.15, 0.2) is 12.7 Å². The third-order valence-electron chi connectivity index (χ3n) is 3.49. The Morgan fingerprint density at radius 2 is 2.00 bits per heavy atom. The molecule has 0 aliphatic rings. The molecule has 0 spiro atoms. The van der Waals surface area contributed by atoms with Gasteiger partial charge in [0.05, 0.1) is 0 Å². The summed E-state index contributed by atoms with van der Waals surface area (Å²) in [7, 11) is -4.44. The molecule has 2 aromatic heterocycles. The highest BCUT2D eigenvalue weighted by Crippen LogP contribution is 2.55. The quantitative estimate of drug-likeness (QED) is 0.487. The SMILES string of the molecule is CCC(CC)(OCOn1cnc2c(N)ncnc21)P(=O)(O)O. The lowest BCUT2D eigenvalue weighted by Gasteiger charge is -2.31. The molecule has 4 N–H and O–H groups in total. The van der Waals surface area contributed by atoms with Crippen molar-refractivity contribution in [2.24, 2.45) is 0 Å². The Morgan fingerprint density at radius 3 is 2.59 bits per heavy atom. The third kappa shape index (κ3) is 2.91. The molecule has 0 radical (unpaired) electrons. The maximum atomic E-state index is 11.6. The first-order valence-corrected chi connectivity index (χ1v) is 8.22. The van der Waals surface area contributed by atoms with E-state index in [9.17, 15) is 14.4 Å². The summed E-state index contributed by atoms with van der Waals surface area (Å²) in [5.41, 5.74) is 6.36. The van der Waals surface area contributed by atoms with Gasteiger partial charge in [0.25, 0.3) is 0 Å². The fourth-order valence-corrected chi connectivity index (χ4v) is 3.11. The molecule has 0 aromatic carbocycles. The first-order chi connectivity index (χ1) is 10.3. The normalized spacial score (nSPS) is 12.7. The van der Waals surface area contributed by atoms with Gasteiger partial charge >= 0.3 is 7.60 Å². The summed E-state index contributed by atoms with van der Waals surface area (Å²) >= 11 is 0. The van der Waals surface area contributed by atoms with Crippen LogP contribution in [0.1, 0.15) is 26.7 Å². The number of aromatic nitrogens is 4. The van der Waals surface area contributed by atoms with Gasteiger partial charge in [-0.3, -0.25) is 4.57 Å². The second-order valence-corrected chi connectivity index (χ2v) is 6.49. The van der Waals surface area contributed by atoms with Crippen molar-refractivity contribution in [3.8, 4) is 0 Å². The minimum atomic E-state index is -4.44. The van der Waals surface area contributed by atoms with Crippen molar-refractivity contribution in [3.63, 3.8) is 0 Å². The Balaban J connectivity index is 2.12. The average Bonchev–Trinajstić information content (AvgIpc) is 2.87. The van der Waals surface area contributed by atoms with Gasteiger partial charge < -0.3 is 25.1 Å². The van der Waals surface area contributed by atoms with Crippen LogP contribution in [0.2, 0.25) is 0 Å². The number of fused-ring (bicyclic) bond motifs is 1. The molecule has 10 nitrogen and oxygen atoms in total.